The standard InChI is InChI=1S/C20H35N/c1-5-7-8-9-10-14-19(21-15-6-2)16-20-17(3)12-11-13-18(20)4/h11-13,19,21H,5-10,14-16H2,1-4H3. The summed E-state index contributed by atoms with van der Waals surface area (Å²) in [6.45, 7) is 10.2. The predicted octanol–water partition coefficient (Wildman–Crippen LogP) is 5.57. The second-order valence-electron chi connectivity index (χ2n) is 6.43. The van der Waals surface area contributed by atoms with E-state index in [0.717, 1.165) is 6.54 Å². The van der Waals surface area contributed by atoms with Gasteiger partial charge in [-0.2, -0.15) is 0 Å². The van der Waals surface area contributed by atoms with Gasteiger partial charge in [-0.3, -0.25) is 0 Å². The number of rotatable bonds is 11. The third-order valence-electron chi connectivity index (χ3n) is 4.43. The van der Waals surface area contributed by atoms with E-state index in [1.165, 1.54) is 62.5 Å². The van der Waals surface area contributed by atoms with Crippen LogP contribution >= 0.6 is 0 Å². The van der Waals surface area contributed by atoms with Gasteiger partial charge in [0.25, 0.3) is 0 Å². The van der Waals surface area contributed by atoms with Gasteiger partial charge in [0.1, 0.15) is 0 Å². The fourth-order valence-electron chi connectivity index (χ4n) is 3.04. The number of aryl methyl sites for hydroxylation is 2. The molecule has 0 radical (unpaired) electrons. The molecule has 0 aromatic heterocycles. The van der Waals surface area contributed by atoms with Gasteiger partial charge in [0.05, 0.1) is 0 Å². The summed E-state index contributed by atoms with van der Waals surface area (Å²) in [5, 5.41) is 3.76. The number of unbranched alkanes of at least 4 members (excludes halogenated alkanes) is 4. The Balaban J connectivity index is 2.52. The van der Waals surface area contributed by atoms with Gasteiger partial charge in [0, 0.05) is 6.04 Å². The van der Waals surface area contributed by atoms with Gasteiger partial charge >= 0.3 is 0 Å². The quantitative estimate of drug-likeness (QED) is 0.525. The molecule has 120 valence electrons. The lowest BCUT2D eigenvalue weighted by molar-refractivity contribution is 0.450. The molecule has 1 atom stereocenters. The van der Waals surface area contributed by atoms with Crippen molar-refractivity contribution in [3.05, 3.63) is 34.9 Å². The molecule has 0 aliphatic carbocycles. The molecule has 21 heavy (non-hydrogen) atoms. The monoisotopic (exact) mass is 289 g/mol. The molecule has 0 amide bonds. The second kappa shape index (κ2) is 10.8. The molecule has 0 aliphatic rings. The van der Waals surface area contributed by atoms with E-state index in [0.29, 0.717) is 6.04 Å². The Kier molecular flexibility index (Phi) is 9.41. The largest absolute Gasteiger partial charge is 0.314 e. The SMILES string of the molecule is CCCCCCCC(Cc1c(C)cccc1C)NCCC. The number of hydrogen-bond donors (Lipinski definition) is 1. The van der Waals surface area contributed by atoms with Crippen molar-refractivity contribution in [2.45, 2.75) is 85.1 Å². The first kappa shape index (κ1) is 18.2. The molecule has 0 saturated carbocycles. The van der Waals surface area contributed by atoms with E-state index in [1.54, 1.807) is 5.56 Å². The lowest BCUT2D eigenvalue weighted by Crippen LogP contribution is -2.32. The molecule has 1 unspecified atom stereocenters. The van der Waals surface area contributed by atoms with E-state index in [1.807, 2.05) is 0 Å². The van der Waals surface area contributed by atoms with Crippen molar-refractivity contribution in [3.8, 4) is 0 Å². The summed E-state index contributed by atoms with van der Waals surface area (Å²) in [4.78, 5) is 0. The smallest absolute Gasteiger partial charge is 0.0108 e. The molecule has 1 heteroatoms. The number of benzene rings is 1. The highest BCUT2D eigenvalue weighted by Gasteiger charge is 2.11. The molecule has 0 saturated heterocycles. The van der Waals surface area contributed by atoms with Gasteiger partial charge in [0.2, 0.25) is 0 Å². The van der Waals surface area contributed by atoms with Crippen LogP contribution in [-0.2, 0) is 6.42 Å². The maximum atomic E-state index is 3.76. The molecule has 1 nitrogen and oxygen atoms in total. The first-order valence-electron chi connectivity index (χ1n) is 8.97. The van der Waals surface area contributed by atoms with E-state index in [-0.39, 0.29) is 0 Å². The van der Waals surface area contributed by atoms with Crippen LogP contribution in [0.15, 0.2) is 18.2 Å². The molecule has 0 bridgehead atoms. The average molecular weight is 290 g/mol. The van der Waals surface area contributed by atoms with Crippen molar-refractivity contribution in [1.29, 1.82) is 0 Å². The van der Waals surface area contributed by atoms with Crippen molar-refractivity contribution in [2.24, 2.45) is 0 Å². The Hall–Kier alpha value is -0.820. The molecule has 1 N–H and O–H groups in total. The molecule has 0 aliphatic heterocycles. The van der Waals surface area contributed by atoms with Crippen LogP contribution in [0.5, 0.6) is 0 Å². The zero-order chi connectivity index (χ0) is 15.5. The molecule has 0 spiro atoms. The van der Waals surface area contributed by atoms with Crippen LogP contribution in [-0.4, -0.2) is 12.6 Å². The summed E-state index contributed by atoms with van der Waals surface area (Å²) >= 11 is 0. The van der Waals surface area contributed by atoms with Gasteiger partial charge < -0.3 is 5.32 Å². The maximum Gasteiger partial charge on any atom is 0.0108 e. The molecule has 1 aromatic carbocycles. The maximum absolute atomic E-state index is 3.76. The van der Waals surface area contributed by atoms with Crippen LogP contribution in [0, 0.1) is 13.8 Å². The average Bonchev–Trinajstić information content (AvgIpc) is 2.47. The minimum atomic E-state index is 0.645. The first-order valence-corrected chi connectivity index (χ1v) is 8.97. The Morgan fingerprint density at radius 3 is 2.19 bits per heavy atom. The van der Waals surface area contributed by atoms with E-state index in [4.69, 9.17) is 0 Å². The van der Waals surface area contributed by atoms with Crippen LogP contribution in [0.3, 0.4) is 0 Å². The lowest BCUT2D eigenvalue weighted by Gasteiger charge is -2.21. The molecule has 0 heterocycles. The van der Waals surface area contributed by atoms with Crippen LogP contribution in [0.4, 0.5) is 0 Å². The van der Waals surface area contributed by atoms with Crippen LogP contribution in [0.2, 0.25) is 0 Å². The van der Waals surface area contributed by atoms with Gasteiger partial charge in [0.15, 0.2) is 0 Å². The topological polar surface area (TPSA) is 12.0 Å². The predicted molar refractivity (Wildman–Crippen MR) is 95.1 cm³/mol. The molecule has 0 fully saturated rings. The third-order valence-corrected chi connectivity index (χ3v) is 4.43. The normalized spacial score (nSPS) is 12.6. The fraction of sp³-hybridized carbons (Fsp3) is 0.700. The van der Waals surface area contributed by atoms with Crippen LogP contribution in [0.1, 0.15) is 75.5 Å². The Morgan fingerprint density at radius 2 is 1.57 bits per heavy atom. The van der Waals surface area contributed by atoms with E-state index in [2.05, 4.69) is 51.2 Å². The molecular weight excluding hydrogens is 254 g/mol. The zero-order valence-corrected chi connectivity index (χ0v) is 14.7. The molecule has 1 rings (SSSR count). The van der Waals surface area contributed by atoms with E-state index < -0.39 is 0 Å². The molecule has 1 aromatic rings. The number of nitrogens with one attached hydrogen (secondary N) is 1. The highest BCUT2D eigenvalue weighted by molar-refractivity contribution is 5.34. The lowest BCUT2D eigenvalue weighted by atomic mass is 9.93. The van der Waals surface area contributed by atoms with Crippen LogP contribution in [0.25, 0.3) is 0 Å². The van der Waals surface area contributed by atoms with Crippen molar-refractivity contribution in [2.75, 3.05) is 6.54 Å². The van der Waals surface area contributed by atoms with Gasteiger partial charge in [-0.25, -0.2) is 0 Å². The van der Waals surface area contributed by atoms with Crippen molar-refractivity contribution in [3.63, 3.8) is 0 Å². The summed E-state index contributed by atoms with van der Waals surface area (Å²) in [6.07, 6.45) is 10.6. The first-order chi connectivity index (χ1) is 10.2. The summed E-state index contributed by atoms with van der Waals surface area (Å²) in [5.74, 6) is 0. The minimum absolute atomic E-state index is 0.645. The number of hydrogen-bond acceptors (Lipinski definition) is 1. The molecular formula is C20H35N. The minimum Gasteiger partial charge on any atom is -0.314 e. The fourth-order valence-corrected chi connectivity index (χ4v) is 3.04. The highest BCUT2D eigenvalue weighted by atomic mass is 14.9. The van der Waals surface area contributed by atoms with Crippen molar-refractivity contribution < 1.29 is 0 Å². The van der Waals surface area contributed by atoms with Gasteiger partial charge in [-0.1, -0.05) is 64.2 Å². The van der Waals surface area contributed by atoms with Crippen LogP contribution < -0.4 is 5.32 Å². The second-order valence-corrected chi connectivity index (χ2v) is 6.43. The highest BCUT2D eigenvalue weighted by Crippen LogP contribution is 2.18. The van der Waals surface area contributed by atoms with E-state index >= 15 is 0 Å². The van der Waals surface area contributed by atoms with Crippen molar-refractivity contribution >= 4 is 0 Å². The Morgan fingerprint density at radius 1 is 0.905 bits per heavy atom. The van der Waals surface area contributed by atoms with Gasteiger partial charge in [-0.05, 0) is 56.3 Å². The van der Waals surface area contributed by atoms with Crippen molar-refractivity contribution in [1.82, 2.24) is 5.32 Å². The summed E-state index contributed by atoms with van der Waals surface area (Å²) in [6, 6.07) is 7.32. The van der Waals surface area contributed by atoms with E-state index in [9.17, 15) is 0 Å². The summed E-state index contributed by atoms with van der Waals surface area (Å²) in [5.41, 5.74) is 4.45. The summed E-state index contributed by atoms with van der Waals surface area (Å²) in [7, 11) is 0. The van der Waals surface area contributed by atoms with Gasteiger partial charge in [-0.15, -0.1) is 0 Å². The zero-order valence-electron chi connectivity index (χ0n) is 14.7. The summed E-state index contributed by atoms with van der Waals surface area (Å²) < 4.78 is 0. The Labute approximate surface area is 132 Å². The third kappa shape index (κ3) is 7.13. The Bertz CT molecular complexity index is 363.